The van der Waals surface area contributed by atoms with E-state index in [1.165, 1.54) is 0 Å². The predicted octanol–water partition coefficient (Wildman–Crippen LogP) is 3.04. The van der Waals surface area contributed by atoms with Crippen molar-refractivity contribution in [2.24, 2.45) is 0 Å². The van der Waals surface area contributed by atoms with Crippen molar-refractivity contribution in [3.8, 4) is 0 Å². The fourth-order valence-electron chi connectivity index (χ4n) is 5.00. The second kappa shape index (κ2) is 15.1. The standard InChI is InChI=1S/C29H42N4O4S/c1-21(2)37-29(36)26(14-16-38-4)31-27(34)20-32(19-24-12-8-15-33(24)28(35)17-30-3)18-23-11-7-10-22-9-5-6-13-25(22)23/h5-7,9-11,13,21,24,26,30H,8,12,14-20H2,1-4H3,(H,31,34)/t24-,26-/m0/s1. The minimum absolute atomic E-state index is 0.0387. The summed E-state index contributed by atoms with van der Waals surface area (Å²) in [6.07, 6.45) is 4.09. The smallest absolute Gasteiger partial charge is 0.328 e. The molecule has 0 aromatic heterocycles. The van der Waals surface area contributed by atoms with Gasteiger partial charge in [0.2, 0.25) is 11.8 Å². The largest absolute Gasteiger partial charge is 0.461 e. The van der Waals surface area contributed by atoms with Crippen LogP contribution in [0.25, 0.3) is 10.8 Å². The fourth-order valence-corrected chi connectivity index (χ4v) is 5.47. The maximum atomic E-state index is 13.3. The summed E-state index contributed by atoms with van der Waals surface area (Å²) < 4.78 is 5.40. The first-order valence-electron chi connectivity index (χ1n) is 13.4. The molecular weight excluding hydrogens is 500 g/mol. The highest BCUT2D eigenvalue weighted by Gasteiger charge is 2.31. The lowest BCUT2D eigenvalue weighted by molar-refractivity contribution is -0.151. The van der Waals surface area contributed by atoms with Crippen LogP contribution in [-0.2, 0) is 25.7 Å². The molecule has 8 nitrogen and oxygen atoms in total. The van der Waals surface area contributed by atoms with E-state index in [0.29, 0.717) is 26.1 Å². The molecule has 0 bridgehead atoms. The zero-order chi connectivity index (χ0) is 27.5. The number of rotatable bonds is 14. The van der Waals surface area contributed by atoms with Crippen LogP contribution in [0.5, 0.6) is 0 Å². The minimum Gasteiger partial charge on any atom is -0.461 e. The highest BCUT2D eigenvalue weighted by molar-refractivity contribution is 7.98. The SMILES string of the molecule is CNCC(=O)N1CCC[C@H]1CN(CC(=O)N[C@@H](CCSC)C(=O)OC(C)C)Cc1cccc2ccccc12. The van der Waals surface area contributed by atoms with Gasteiger partial charge in [-0.15, -0.1) is 0 Å². The zero-order valence-corrected chi connectivity index (χ0v) is 23.9. The van der Waals surface area contributed by atoms with E-state index >= 15 is 0 Å². The van der Waals surface area contributed by atoms with E-state index in [4.69, 9.17) is 4.74 Å². The summed E-state index contributed by atoms with van der Waals surface area (Å²) in [7, 11) is 1.78. The molecule has 38 heavy (non-hydrogen) atoms. The molecule has 208 valence electrons. The molecular formula is C29H42N4O4S. The molecule has 0 aliphatic carbocycles. The molecule has 2 amide bonds. The number of likely N-dealkylation sites (tertiary alicyclic amines) is 1. The minimum atomic E-state index is -0.683. The molecule has 1 fully saturated rings. The lowest BCUT2D eigenvalue weighted by Gasteiger charge is -2.31. The number of benzene rings is 2. The van der Waals surface area contributed by atoms with E-state index in [9.17, 15) is 14.4 Å². The molecule has 2 aromatic rings. The van der Waals surface area contributed by atoms with Crippen LogP contribution in [0.3, 0.4) is 0 Å². The summed E-state index contributed by atoms with van der Waals surface area (Å²) in [4.78, 5) is 42.7. The summed E-state index contributed by atoms with van der Waals surface area (Å²) in [5.41, 5.74) is 1.13. The van der Waals surface area contributed by atoms with E-state index in [2.05, 4.69) is 39.8 Å². The first-order chi connectivity index (χ1) is 18.3. The maximum Gasteiger partial charge on any atom is 0.328 e. The summed E-state index contributed by atoms with van der Waals surface area (Å²) in [6, 6.07) is 13.8. The molecule has 1 saturated heterocycles. The third kappa shape index (κ3) is 8.71. The van der Waals surface area contributed by atoms with E-state index in [0.717, 1.165) is 41.5 Å². The van der Waals surface area contributed by atoms with Crippen molar-refractivity contribution >= 4 is 40.3 Å². The number of nitrogens with zero attached hydrogens (tertiary/aromatic N) is 2. The van der Waals surface area contributed by atoms with Gasteiger partial charge in [-0.1, -0.05) is 42.5 Å². The first-order valence-corrected chi connectivity index (χ1v) is 14.8. The Morgan fingerprint density at radius 1 is 1.16 bits per heavy atom. The number of amides is 2. The third-order valence-electron chi connectivity index (χ3n) is 6.72. The zero-order valence-electron chi connectivity index (χ0n) is 23.1. The second-order valence-electron chi connectivity index (χ2n) is 10.1. The van der Waals surface area contributed by atoms with Crippen LogP contribution in [0.15, 0.2) is 42.5 Å². The quantitative estimate of drug-likeness (QED) is 0.355. The number of carbonyl (C=O) groups is 3. The Balaban J connectivity index is 1.79. The highest BCUT2D eigenvalue weighted by Crippen LogP contribution is 2.23. The van der Waals surface area contributed by atoms with Gasteiger partial charge in [0.15, 0.2) is 0 Å². The van der Waals surface area contributed by atoms with Crippen molar-refractivity contribution in [1.82, 2.24) is 20.4 Å². The van der Waals surface area contributed by atoms with E-state index < -0.39 is 12.0 Å². The van der Waals surface area contributed by atoms with Crippen LogP contribution in [-0.4, -0.2) is 91.0 Å². The van der Waals surface area contributed by atoms with Crippen LogP contribution in [0.1, 0.15) is 38.7 Å². The van der Waals surface area contributed by atoms with Gasteiger partial charge in [-0.25, -0.2) is 4.79 Å². The highest BCUT2D eigenvalue weighted by atomic mass is 32.2. The van der Waals surface area contributed by atoms with Crippen molar-refractivity contribution in [1.29, 1.82) is 0 Å². The summed E-state index contributed by atoms with van der Waals surface area (Å²) in [5.74, 6) is 0.201. The average Bonchev–Trinajstić information content (AvgIpc) is 3.34. The Kier molecular flexibility index (Phi) is 11.9. The number of hydrogen-bond acceptors (Lipinski definition) is 7. The van der Waals surface area contributed by atoms with Gasteiger partial charge < -0.3 is 20.3 Å². The number of ether oxygens (including phenoxy) is 1. The number of thioether (sulfide) groups is 1. The van der Waals surface area contributed by atoms with E-state index in [-0.39, 0.29) is 30.5 Å². The molecule has 3 rings (SSSR count). The Labute approximate surface area is 230 Å². The van der Waals surface area contributed by atoms with Gasteiger partial charge in [0.05, 0.1) is 19.2 Å². The van der Waals surface area contributed by atoms with E-state index in [1.807, 2.05) is 29.4 Å². The van der Waals surface area contributed by atoms with Crippen LogP contribution in [0.2, 0.25) is 0 Å². The Morgan fingerprint density at radius 2 is 1.92 bits per heavy atom. The van der Waals surface area contributed by atoms with Crippen LogP contribution < -0.4 is 10.6 Å². The summed E-state index contributed by atoms with van der Waals surface area (Å²) in [6.45, 7) is 5.91. The second-order valence-corrected chi connectivity index (χ2v) is 11.1. The van der Waals surface area contributed by atoms with Crippen LogP contribution in [0, 0.1) is 0 Å². The molecule has 1 aliphatic heterocycles. The fraction of sp³-hybridized carbons (Fsp3) is 0.552. The molecule has 0 saturated carbocycles. The Morgan fingerprint density at radius 3 is 2.66 bits per heavy atom. The summed E-state index contributed by atoms with van der Waals surface area (Å²) in [5, 5.41) is 8.18. The molecule has 0 unspecified atom stereocenters. The molecule has 2 atom stereocenters. The summed E-state index contributed by atoms with van der Waals surface area (Å²) >= 11 is 1.63. The number of fused-ring (bicyclic) bond motifs is 1. The van der Waals surface area contributed by atoms with Gasteiger partial charge >= 0.3 is 5.97 Å². The third-order valence-corrected chi connectivity index (χ3v) is 7.36. The Hall–Kier alpha value is -2.62. The number of likely N-dealkylation sites (N-methyl/N-ethyl adjacent to an activating group) is 1. The number of esters is 1. The van der Waals surface area contributed by atoms with Crippen molar-refractivity contribution in [3.05, 3.63) is 48.0 Å². The molecule has 2 aromatic carbocycles. The van der Waals surface area contributed by atoms with Gasteiger partial charge in [0.25, 0.3) is 0 Å². The molecule has 2 N–H and O–H groups in total. The van der Waals surface area contributed by atoms with Crippen molar-refractivity contribution < 1.29 is 19.1 Å². The number of hydrogen-bond donors (Lipinski definition) is 2. The monoisotopic (exact) mass is 542 g/mol. The maximum absolute atomic E-state index is 13.3. The Bertz CT molecular complexity index is 1070. The van der Waals surface area contributed by atoms with Gasteiger partial charge in [-0.3, -0.25) is 14.5 Å². The van der Waals surface area contributed by atoms with Gasteiger partial charge in [-0.05, 0) is 68.5 Å². The molecule has 0 radical (unpaired) electrons. The molecule has 0 spiro atoms. The average molecular weight is 543 g/mol. The van der Waals surface area contributed by atoms with E-state index in [1.54, 1.807) is 32.7 Å². The molecule has 1 heterocycles. The van der Waals surface area contributed by atoms with Crippen LogP contribution in [0.4, 0.5) is 0 Å². The topological polar surface area (TPSA) is 91.0 Å². The number of carbonyl (C=O) groups excluding carboxylic acids is 3. The lowest BCUT2D eigenvalue weighted by atomic mass is 10.0. The number of nitrogens with one attached hydrogen (secondary N) is 2. The van der Waals surface area contributed by atoms with Gasteiger partial charge in [-0.2, -0.15) is 11.8 Å². The van der Waals surface area contributed by atoms with Crippen LogP contribution >= 0.6 is 11.8 Å². The van der Waals surface area contributed by atoms with Crippen molar-refractivity contribution in [2.45, 2.75) is 57.8 Å². The predicted molar refractivity (Wildman–Crippen MR) is 154 cm³/mol. The normalized spacial score (nSPS) is 16.3. The van der Waals surface area contributed by atoms with Crippen molar-refractivity contribution in [2.75, 3.05) is 45.2 Å². The molecule has 9 heteroatoms. The van der Waals surface area contributed by atoms with Gasteiger partial charge in [0.1, 0.15) is 6.04 Å². The molecule has 1 aliphatic rings. The first kappa shape index (κ1) is 29.9. The lowest BCUT2D eigenvalue weighted by Crippen LogP contribution is -2.50. The van der Waals surface area contributed by atoms with Gasteiger partial charge in [0, 0.05) is 25.7 Å². The van der Waals surface area contributed by atoms with Crippen molar-refractivity contribution in [3.63, 3.8) is 0 Å².